The van der Waals surface area contributed by atoms with Gasteiger partial charge in [-0.2, -0.15) is 9.61 Å². The molecule has 1 aromatic carbocycles. The van der Waals surface area contributed by atoms with Crippen LogP contribution in [0.5, 0.6) is 5.88 Å². The maximum Gasteiger partial charge on any atom is 0.341 e. The highest BCUT2D eigenvalue weighted by Crippen LogP contribution is 2.26. The molecule has 0 radical (unpaired) electrons. The number of H-pyrrole nitrogens is 1. The van der Waals surface area contributed by atoms with Crippen LogP contribution in [0, 0.1) is 6.92 Å². The molecule has 3 aromatic rings. The smallest absolute Gasteiger partial charge is 0.341 e. The van der Waals surface area contributed by atoms with Crippen LogP contribution in [-0.4, -0.2) is 30.8 Å². The van der Waals surface area contributed by atoms with Gasteiger partial charge >= 0.3 is 5.97 Å². The Morgan fingerprint density at radius 1 is 1.29 bits per heavy atom. The first-order valence-corrected chi connectivity index (χ1v) is 6.14. The lowest BCUT2D eigenvalue weighted by Crippen LogP contribution is -2.13. The third-order valence-electron chi connectivity index (χ3n) is 3.22. The van der Waals surface area contributed by atoms with E-state index in [-0.39, 0.29) is 22.5 Å². The molecule has 0 aliphatic carbocycles. The number of nitrogens with one attached hydrogen (secondary N) is 1. The third kappa shape index (κ3) is 1.86. The number of hydrogen-bond donors (Lipinski definition) is 3. The van der Waals surface area contributed by atoms with Crippen LogP contribution in [0.2, 0.25) is 0 Å². The van der Waals surface area contributed by atoms with Crippen LogP contribution in [0.15, 0.2) is 35.1 Å². The quantitative estimate of drug-likeness (QED) is 0.659. The zero-order chi connectivity index (χ0) is 15.1. The summed E-state index contributed by atoms with van der Waals surface area (Å²) in [5.41, 5.74) is 0.0159. The fourth-order valence-corrected chi connectivity index (χ4v) is 2.29. The molecule has 0 aliphatic heterocycles. The lowest BCUT2D eigenvalue weighted by atomic mass is 10.1. The fourth-order valence-electron chi connectivity index (χ4n) is 2.29. The number of benzene rings is 1. The molecule has 106 valence electrons. The van der Waals surface area contributed by atoms with Crippen molar-refractivity contribution < 1.29 is 15.0 Å². The topological polar surface area (TPSA) is 108 Å². The van der Waals surface area contributed by atoms with Crippen LogP contribution in [0.25, 0.3) is 16.8 Å². The lowest BCUT2D eigenvalue weighted by Gasteiger charge is -2.05. The maximum atomic E-state index is 12.2. The zero-order valence-corrected chi connectivity index (χ0v) is 11.0. The number of aromatic hydroxyl groups is 1. The number of hydrogen-bond acceptors (Lipinski definition) is 4. The number of aromatic nitrogens is 3. The minimum Gasteiger partial charge on any atom is -0.493 e. The van der Waals surface area contributed by atoms with Gasteiger partial charge in [-0.15, -0.1) is 0 Å². The van der Waals surface area contributed by atoms with Gasteiger partial charge in [-0.3, -0.25) is 4.79 Å². The Morgan fingerprint density at radius 2 is 1.95 bits per heavy atom. The molecule has 7 nitrogen and oxygen atoms in total. The van der Waals surface area contributed by atoms with E-state index in [2.05, 4.69) is 10.1 Å². The van der Waals surface area contributed by atoms with E-state index in [1.807, 2.05) is 0 Å². The van der Waals surface area contributed by atoms with Gasteiger partial charge < -0.3 is 15.2 Å². The number of carboxylic acids is 1. The summed E-state index contributed by atoms with van der Waals surface area (Å²) >= 11 is 0. The summed E-state index contributed by atoms with van der Waals surface area (Å²) in [6.45, 7) is 1.50. The number of aryl methyl sites for hydroxylation is 1. The summed E-state index contributed by atoms with van der Waals surface area (Å²) in [6, 6.07) is 8.59. The predicted octanol–water partition coefficient (Wildman–Crippen LogP) is 1.40. The minimum atomic E-state index is -1.22. The molecule has 0 atom stereocenters. The normalized spacial score (nSPS) is 10.9. The average molecular weight is 285 g/mol. The first kappa shape index (κ1) is 12.9. The number of carbonyl (C=O) groups is 1. The van der Waals surface area contributed by atoms with E-state index in [0.717, 1.165) is 4.52 Å². The zero-order valence-electron chi connectivity index (χ0n) is 11.0. The van der Waals surface area contributed by atoms with Crippen molar-refractivity contribution in [2.45, 2.75) is 6.92 Å². The largest absolute Gasteiger partial charge is 0.493 e. The molecule has 0 bridgehead atoms. The Hall–Kier alpha value is -3.09. The Morgan fingerprint density at radius 3 is 2.57 bits per heavy atom. The standard InChI is InChI=1S/C14H11N3O4/c1-7-9(14(20)21)11-15-12(18)10(13(19)17(11)16-7)8-5-3-2-4-6-8/h2-6,19H,1H3,(H,15,18)(H,20,21). The molecule has 3 N–H and O–H groups in total. The first-order valence-electron chi connectivity index (χ1n) is 6.14. The molecular weight excluding hydrogens is 274 g/mol. The van der Waals surface area contributed by atoms with Crippen molar-refractivity contribution in [3.8, 4) is 17.0 Å². The highest BCUT2D eigenvalue weighted by atomic mass is 16.4. The van der Waals surface area contributed by atoms with Gasteiger partial charge in [0, 0.05) is 0 Å². The van der Waals surface area contributed by atoms with Crippen LogP contribution in [0.4, 0.5) is 0 Å². The summed E-state index contributed by atoms with van der Waals surface area (Å²) in [6.07, 6.45) is 0. The molecule has 0 amide bonds. The summed E-state index contributed by atoms with van der Waals surface area (Å²) in [7, 11) is 0. The van der Waals surface area contributed by atoms with Crippen molar-refractivity contribution in [1.29, 1.82) is 0 Å². The molecule has 0 saturated heterocycles. The van der Waals surface area contributed by atoms with Crippen LogP contribution >= 0.6 is 0 Å². The summed E-state index contributed by atoms with van der Waals surface area (Å²) < 4.78 is 1.03. The van der Waals surface area contributed by atoms with Crippen molar-refractivity contribution in [2.24, 2.45) is 0 Å². The predicted molar refractivity (Wildman–Crippen MR) is 74.6 cm³/mol. The summed E-state index contributed by atoms with van der Waals surface area (Å²) in [5, 5.41) is 23.4. The maximum absolute atomic E-state index is 12.2. The van der Waals surface area contributed by atoms with Gasteiger partial charge in [-0.25, -0.2) is 4.79 Å². The Balaban J connectivity index is 2.41. The van der Waals surface area contributed by atoms with Gasteiger partial charge in [0.15, 0.2) is 5.65 Å². The molecule has 3 rings (SSSR count). The third-order valence-corrected chi connectivity index (χ3v) is 3.22. The van der Waals surface area contributed by atoms with Gasteiger partial charge in [0.2, 0.25) is 5.88 Å². The number of carboxylic acid groups (broad SMARTS) is 1. The molecule has 0 fully saturated rings. The SMILES string of the molecule is Cc1nn2c(O)c(-c3ccccc3)c(=O)[nH]c2c1C(=O)O. The second-order valence-corrected chi connectivity index (χ2v) is 4.54. The summed E-state index contributed by atoms with van der Waals surface area (Å²) in [5.74, 6) is -1.61. The number of rotatable bonds is 2. The van der Waals surface area contributed by atoms with E-state index in [0.29, 0.717) is 5.56 Å². The van der Waals surface area contributed by atoms with E-state index in [9.17, 15) is 14.7 Å². The molecule has 7 heteroatoms. The number of nitrogens with zero attached hydrogens (tertiary/aromatic N) is 2. The molecular formula is C14H11N3O4. The highest BCUT2D eigenvalue weighted by molar-refractivity contribution is 5.96. The molecule has 0 saturated carbocycles. The average Bonchev–Trinajstić information content (AvgIpc) is 2.76. The number of aromatic carboxylic acids is 1. The van der Waals surface area contributed by atoms with E-state index in [1.165, 1.54) is 6.92 Å². The molecule has 2 aromatic heterocycles. The monoisotopic (exact) mass is 285 g/mol. The van der Waals surface area contributed by atoms with Crippen molar-refractivity contribution in [3.63, 3.8) is 0 Å². The van der Waals surface area contributed by atoms with Gasteiger partial charge in [-0.05, 0) is 12.5 Å². The second-order valence-electron chi connectivity index (χ2n) is 4.54. The second kappa shape index (κ2) is 4.48. The van der Waals surface area contributed by atoms with Crippen molar-refractivity contribution >= 4 is 11.6 Å². The Bertz CT molecular complexity index is 909. The van der Waals surface area contributed by atoms with Crippen molar-refractivity contribution in [1.82, 2.24) is 14.6 Å². The van der Waals surface area contributed by atoms with E-state index < -0.39 is 17.4 Å². The molecule has 0 aliphatic rings. The van der Waals surface area contributed by atoms with Crippen LogP contribution in [0.1, 0.15) is 16.1 Å². The number of aromatic amines is 1. The van der Waals surface area contributed by atoms with Gasteiger partial charge in [0.1, 0.15) is 11.1 Å². The lowest BCUT2D eigenvalue weighted by molar-refractivity contribution is 0.0698. The number of fused-ring (bicyclic) bond motifs is 1. The molecule has 21 heavy (non-hydrogen) atoms. The Labute approximate surface area is 118 Å². The Kier molecular flexibility index (Phi) is 2.76. The minimum absolute atomic E-state index is 0.0396. The van der Waals surface area contributed by atoms with Crippen molar-refractivity contribution in [2.75, 3.05) is 0 Å². The highest BCUT2D eigenvalue weighted by Gasteiger charge is 2.22. The fraction of sp³-hybridized carbons (Fsp3) is 0.0714. The van der Waals surface area contributed by atoms with Crippen LogP contribution in [0.3, 0.4) is 0 Å². The van der Waals surface area contributed by atoms with Gasteiger partial charge in [0.05, 0.1) is 5.69 Å². The molecule has 0 unspecified atom stereocenters. The van der Waals surface area contributed by atoms with E-state index in [4.69, 9.17) is 5.11 Å². The van der Waals surface area contributed by atoms with Crippen LogP contribution in [-0.2, 0) is 0 Å². The molecule has 0 spiro atoms. The summed E-state index contributed by atoms with van der Waals surface area (Å²) in [4.78, 5) is 25.9. The van der Waals surface area contributed by atoms with Gasteiger partial charge in [-0.1, -0.05) is 30.3 Å². The van der Waals surface area contributed by atoms with E-state index in [1.54, 1.807) is 30.3 Å². The van der Waals surface area contributed by atoms with Gasteiger partial charge in [0.25, 0.3) is 5.56 Å². The first-order chi connectivity index (χ1) is 10.0. The van der Waals surface area contributed by atoms with E-state index >= 15 is 0 Å². The molecule has 2 heterocycles. The van der Waals surface area contributed by atoms with Crippen molar-refractivity contribution in [3.05, 3.63) is 51.9 Å². The van der Waals surface area contributed by atoms with Crippen LogP contribution < -0.4 is 5.56 Å².